The molecule has 128 valence electrons. The molecule has 0 atom stereocenters. The highest BCUT2D eigenvalue weighted by atomic mass is 16.5. The van der Waals surface area contributed by atoms with Gasteiger partial charge in [-0.15, -0.1) is 0 Å². The number of hydrogen-bond donors (Lipinski definition) is 0. The number of benzene rings is 1. The fourth-order valence-corrected chi connectivity index (χ4v) is 3.19. The van der Waals surface area contributed by atoms with Crippen LogP contribution in [-0.2, 0) is 11.2 Å². The average Bonchev–Trinajstić information content (AvgIpc) is 3.10. The van der Waals surface area contributed by atoms with E-state index >= 15 is 0 Å². The molecular formula is C20H22N4O. The largest absolute Gasteiger partial charge is 0.379 e. The Morgan fingerprint density at radius 3 is 2.88 bits per heavy atom. The highest BCUT2D eigenvalue weighted by Gasteiger charge is 2.11. The highest BCUT2D eigenvalue weighted by molar-refractivity contribution is 5.64. The van der Waals surface area contributed by atoms with Crippen LogP contribution in [0, 0.1) is 0 Å². The van der Waals surface area contributed by atoms with Crippen LogP contribution in [-0.4, -0.2) is 52.3 Å². The van der Waals surface area contributed by atoms with E-state index in [-0.39, 0.29) is 0 Å². The monoisotopic (exact) mass is 334 g/mol. The first-order valence-corrected chi connectivity index (χ1v) is 8.70. The van der Waals surface area contributed by atoms with E-state index in [4.69, 9.17) is 4.74 Å². The number of hydrogen-bond acceptors (Lipinski definition) is 4. The van der Waals surface area contributed by atoms with E-state index in [1.807, 2.05) is 22.8 Å². The minimum absolute atomic E-state index is 0.843. The molecule has 25 heavy (non-hydrogen) atoms. The lowest BCUT2D eigenvalue weighted by molar-refractivity contribution is 0.0384. The van der Waals surface area contributed by atoms with Crippen LogP contribution in [0.25, 0.3) is 23.0 Å². The highest BCUT2D eigenvalue weighted by Crippen LogP contribution is 2.22. The molecule has 3 heterocycles. The Balaban J connectivity index is 1.57. The van der Waals surface area contributed by atoms with Crippen LogP contribution in [0.5, 0.6) is 0 Å². The molecule has 0 radical (unpaired) electrons. The quantitative estimate of drug-likeness (QED) is 0.719. The van der Waals surface area contributed by atoms with E-state index in [2.05, 4.69) is 45.8 Å². The van der Waals surface area contributed by atoms with Crippen LogP contribution in [0.3, 0.4) is 0 Å². The van der Waals surface area contributed by atoms with E-state index in [1.54, 1.807) is 6.08 Å². The van der Waals surface area contributed by atoms with Gasteiger partial charge in [0.1, 0.15) is 0 Å². The van der Waals surface area contributed by atoms with Gasteiger partial charge in [-0.05, 0) is 36.3 Å². The van der Waals surface area contributed by atoms with Gasteiger partial charge in [-0.1, -0.05) is 24.8 Å². The molecule has 0 aliphatic carbocycles. The predicted octanol–water partition coefficient (Wildman–Crippen LogP) is 2.91. The lowest BCUT2D eigenvalue weighted by atomic mass is 10.1. The zero-order chi connectivity index (χ0) is 17.1. The Kier molecular flexibility index (Phi) is 4.59. The molecule has 4 rings (SSSR count). The molecule has 0 saturated carbocycles. The third-order valence-corrected chi connectivity index (χ3v) is 4.64. The van der Waals surface area contributed by atoms with Crippen LogP contribution < -0.4 is 0 Å². The van der Waals surface area contributed by atoms with E-state index in [0.29, 0.717) is 0 Å². The van der Waals surface area contributed by atoms with Crippen molar-refractivity contribution in [1.29, 1.82) is 0 Å². The first-order valence-electron chi connectivity index (χ1n) is 8.70. The molecule has 1 aliphatic rings. The summed E-state index contributed by atoms with van der Waals surface area (Å²) < 4.78 is 7.30. The Morgan fingerprint density at radius 2 is 2.04 bits per heavy atom. The van der Waals surface area contributed by atoms with Crippen molar-refractivity contribution in [2.24, 2.45) is 0 Å². The average molecular weight is 334 g/mol. The fourth-order valence-electron chi connectivity index (χ4n) is 3.19. The summed E-state index contributed by atoms with van der Waals surface area (Å²) in [5, 5.41) is 4.59. The van der Waals surface area contributed by atoms with Crippen molar-refractivity contribution in [3.8, 4) is 11.3 Å². The van der Waals surface area contributed by atoms with Crippen LogP contribution in [0.15, 0.2) is 49.2 Å². The van der Waals surface area contributed by atoms with Gasteiger partial charge in [0, 0.05) is 25.2 Å². The van der Waals surface area contributed by atoms with Crippen LogP contribution in [0.1, 0.15) is 11.3 Å². The lowest BCUT2D eigenvalue weighted by Gasteiger charge is -2.26. The number of morpholine rings is 1. The van der Waals surface area contributed by atoms with Crippen molar-refractivity contribution in [3.63, 3.8) is 0 Å². The van der Waals surface area contributed by atoms with Crippen molar-refractivity contribution in [3.05, 3.63) is 60.4 Å². The molecule has 0 unspecified atom stereocenters. The zero-order valence-corrected chi connectivity index (χ0v) is 14.3. The van der Waals surface area contributed by atoms with Crippen molar-refractivity contribution in [2.75, 3.05) is 32.8 Å². The summed E-state index contributed by atoms with van der Waals surface area (Å²) in [7, 11) is 0. The van der Waals surface area contributed by atoms with Gasteiger partial charge in [-0.25, -0.2) is 9.50 Å². The molecular weight excluding hydrogens is 312 g/mol. The SMILES string of the molecule is C=Cc1ccc2ncc(-c3cccc(CCN4CCOCC4)c3)n2n1. The van der Waals surface area contributed by atoms with E-state index in [0.717, 1.165) is 61.9 Å². The summed E-state index contributed by atoms with van der Waals surface area (Å²) in [6.45, 7) is 8.62. The van der Waals surface area contributed by atoms with E-state index < -0.39 is 0 Å². The molecule has 0 N–H and O–H groups in total. The Bertz CT molecular complexity index is 880. The Morgan fingerprint density at radius 1 is 1.16 bits per heavy atom. The lowest BCUT2D eigenvalue weighted by Crippen LogP contribution is -2.37. The van der Waals surface area contributed by atoms with Gasteiger partial charge in [0.25, 0.3) is 0 Å². The molecule has 0 amide bonds. The summed E-state index contributed by atoms with van der Waals surface area (Å²) >= 11 is 0. The molecule has 5 nitrogen and oxygen atoms in total. The number of nitrogens with zero attached hydrogens (tertiary/aromatic N) is 4. The smallest absolute Gasteiger partial charge is 0.154 e. The van der Waals surface area contributed by atoms with Gasteiger partial charge in [0.05, 0.1) is 30.8 Å². The second kappa shape index (κ2) is 7.17. The Labute approximate surface area is 147 Å². The number of ether oxygens (including phenoxy) is 1. The molecule has 0 bridgehead atoms. The fraction of sp³-hybridized carbons (Fsp3) is 0.300. The van der Waals surface area contributed by atoms with E-state index in [1.165, 1.54) is 5.56 Å². The summed E-state index contributed by atoms with van der Waals surface area (Å²) in [6, 6.07) is 12.6. The maximum Gasteiger partial charge on any atom is 0.154 e. The summed E-state index contributed by atoms with van der Waals surface area (Å²) in [4.78, 5) is 6.92. The second-order valence-corrected chi connectivity index (χ2v) is 6.28. The van der Waals surface area contributed by atoms with E-state index in [9.17, 15) is 0 Å². The minimum atomic E-state index is 0.843. The molecule has 0 spiro atoms. The molecule has 1 fully saturated rings. The zero-order valence-electron chi connectivity index (χ0n) is 14.3. The molecule has 1 aliphatic heterocycles. The third kappa shape index (κ3) is 3.48. The molecule has 3 aromatic rings. The predicted molar refractivity (Wildman–Crippen MR) is 99.5 cm³/mol. The standard InChI is InChI=1S/C20H22N4O/c1-2-18-6-7-20-21-15-19(24(20)22-18)17-5-3-4-16(14-17)8-9-23-10-12-25-13-11-23/h2-7,14-15H,1,8-13H2. The second-order valence-electron chi connectivity index (χ2n) is 6.28. The van der Waals surface area contributed by atoms with Crippen molar-refractivity contribution in [2.45, 2.75) is 6.42 Å². The molecule has 5 heteroatoms. The van der Waals surface area contributed by atoms with Gasteiger partial charge in [0.2, 0.25) is 0 Å². The minimum Gasteiger partial charge on any atom is -0.379 e. The number of imidazole rings is 1. The summed E-state index contributed by atoms with van der Waals surface area (Å²) in [6.07, 6.45) is 4.67. The molecule has 1 aromatic carbocycles. The summed E-state index contributed by atoms with van der Waals surface area (Å²) in [5.41, 5.74) is 5.17. The van der Waals surface area contributed by atoms with Crippen LogP contribution >= 0.6 is 0 Å². The third-order valence-electron chi connectivity index (χ3n) is 4.64. The van der Waals surface area contributed by atoms with Gasteiger partial charge < -0.3 is 4.74 Å². The van der Waals surface area contributed by atoms with Gasteiger partial charge in [0.15, 0.2) is 5.65 Å². The number of fused-ring (bicyclic) bond motifs is 1. The normalized spacial score (nSPS) is 15.5. The van der Waals surface area contributed by atoms with Gasteiger partial charge >= 0.3 is 0 Å². The van der Waals surface area contributed by atoms with Gasteiger partial charge in [-0.3, -0.25) is 4.90 Å². The van der Waals surface area contributed by atoms with Crippen LogP contribution in [0.4, 0.5) is 0 Å². The first-order chi connectivity index (χ1) is 12.3. The number of aromatic nitrogens is 3. The first kappa shape index (κ1) is 16.0. The van der Waals surface area contributed by atoms with Crippen molar-refractivity contribution >= 4 is 11.7 Å². The van der Waals surface area contributed by atoms with Crippen molar-refractivity contribution < 1.29 is 4.74 Å². The van der Waals surface area contributed by atoms with Crippen LogP contribution in [0.2, 0.25) is 0 Å². The van der Waals surface area contributed by atoms with Gasteiger partial charge in [-0.2, -0.15) is 5.10 Å². The molecule has 1 saturated heterocycles. The Hall–Kier alpha value is -2.50. The maximum absolute atomic E-state index is 5.41. The summed E-state index contributed by atoms with van der Waals surface area (Å²) in [5.74, 6) is 0. The molecule has 2 aromatic heterocycles. The van der Waals surface area contributed by atoms with Crippen molar-refractivity contribution in [1.82, 2.24) is 19.5 Å². The maximum atomic E-state index is 5.41. The number of rotatable bonds is 5. The topological polar surface area (TPSA) is 42.7 Å².